The van der Waals surface area contributed by atoms with Crippen LogP contribution < -0.4 is 0 Å². The molecule has 1 aliphatic heterocycles. The van der Waals surface area contributed by atoms with Gasteiger partial charge in [0, 0.05) is 41.5 Å². The maximum Gasteiger partial charge on any atom is 0.109 e. The molecule has 5 heteroatoms. The summed E-state index contributed by atoms with van der Waals surface area (Å²) < 4.78 is 3.41. The van der Waals surface area contributed by atoms with Crippen molar-refractivity contribution in [2.75, 3.05) is 6.61 Å². The Morgan fingerprint density at radius 1 is 1.44 bits per heavy atom. The van der Waals surface area contributed by atoms with Crippen molar-refractivity contribution >= 4 is 27.3 Å². The van der Waals surface area contributed by atoms with Gasteiger partial charge in [-0.3, -0.25) is 0 Å². The van der Waals surface area contributed by atoms with E-state index in [1.165, 1.54) is 29.2 Å². The van der Waals surface area contributed by atoms with Gasteiger partial charge in [-0.05, 0) is 34.8 Å². The maximum absolute atomic E-state index is 9.27. The summed E-state index contributed by atoms with van der Waals surface area (Å²) in [4.78, 5) is 5.98. The van der Waals surface area contributed by atoms with Gasteiger partial charge in [0.15, 0.2) is 0 Å². The number of aryl methyl sites for hydroxylation is 1. The first kappa shape index (κ1) is 12.4. The van der Waals surface area contributed by atoms with Crippen molar-refractivity contribution in [3.05, 3.63) is 27.4 Å². The highest BCUT2D eigenvalue weighted by molar-refractivity contribution is 9.10. The van der Waals surface area contributed by atoms with Gasteiger partial charge in [0.2, 0.25) is 0 Å². The van der Waals surface area contributed by atoms with Crippen molar-refractivity contribution in [1.29, 1.82) is 0 Å². The third kappa shape index (κ3) is 2.15. The van der Waals surface area contributed by atoms with Crippen LogP contribution >= 0.6 is 27.3 Å². The van der Waals surface area contributed by atoms with Gasteiger partial charge in [-0.25, -0.2) is 4.98 Å². The summed E-state index contributed by atoms with van der Waals surface area (Å²) in [6.07, 6.45) is 4.20. The number of halogens is 1. The Bertz CT molecular complexity index is 561. The first-order valence-corrected chi connectivity index (χ1v) is 7.90. The molecule has 96 valence electrons. The van der Waals surface area contributed by atoms with E-state index in [9.17, 15) is 5.11 Å². The van der Waals surface area contributed by atoms with Gasteiger partial charge in [0.25, 0.3) is 0 Å². The molecule has 0 saturated carbocycles. The minimum atomic E-state index is 0.185. The Morgan fingerprint density at radius 3 is 3.06 bits per heavy atom. The summed E-state index contributed by atoms with van der Waals surface area (Å²) in [7, 11) is 0. The van der Waals surface area contributed by atoms with Gasteiger partial charge in [0.05, 0.1) is 4.88 Å². The van der Waals surface area contributed by atoms with Crippen LogP contribution in [0.15, 0.2) is 15.9 Å². The van der Waals surface area contributed by atoms with E-state index in [2.05, 4.69) is 31.9 Å². The molecule has 0 atom stereocenters. The topological polar surface area (TPSA) is 38.1 Å². The number of fused-ring (bicyclic) bond motifs is 1. The first-order valence-electron chi connectivity index (χ1n) is 6.23. The summed E-state index contributed by atoms with van der Waals surface area (Å²) in [5, 5.41) is 11.3. The average Bonchev–Trinajstić information content (AvgIpc) is 2.95. The van der Waals surface area contributed by atoms with Crippen molar-refractivity contribution in [3.8, 4) is 10.6 Å². The largest absolute Gasteiger partial charge is 0.396 e. The predicted octanol–water partition coefficient (Wildman–Crippen LogP) is 3.25. The van der Waals surface area contributed by atoms with Gasteiger partial charge >= 0.3 is 0 Å². The van der Waals surface area contributed by atoms with E-state index < -0.39 is 0 Å². The molecule has 18 heavy (non-hydrogen) atoms. The van der Waals surface area contributed by atoms with Crippen LogP contribution in [0, 0.1) is 0 Å². The van der Waals surface area contributed by atoms with E-state index in [4.69, 9.17) is 4.98 Å². The van der Waals surface area contributed by atoms with E-state index in [-0.39, 0.29) is 6.61 Å². The van der Waals surface area contributed by atoms with Crippen molar-refractivity contribution in [2.24, 2.45) is 0 Å². The van der Waals surface area contributed by atoms with Crippen LogP contribution in [0.5, 0.6) is 0 Å². The molecule has 3 rings (SSSR count). The fourth-order valence-electron chi connectivity index (χ4n) is 2.54. The molecule has 3 nitrogen and oxygen atoms in total. The number of aromatic nitrogens is 2. The Kier molecular flexibility index (Phi) is 3.54. The van der Waals surface area contributed by atoms with Gasteiger partial charge in [-0.1, -0.05) is 0 Å². The second kappa shape index (κ2) is 5.15. The van der Waals surface area contributed by atoms with Crippen LogP contribution in [0.4, 0.5) is 0 Å². The van der Waals surface area contributed by atoms with Gasteiger partial charge in [-0.2, -0.15) is 0 Å². The zero-order valence-electron chi connectivity index (χ0n) is 10.0. The zero-order chi connectivity index (χ0) is 12.5. The quantitative estimate of drug-likeness (QED) is 0.940. The van der Waals surface area contributed by atoms with Crippen LogP contribution in [-0.4, -0.2) is 21.3 Å². The summed E-state index contributed by atoms with van der Waals surface area (Å²) in [5.41, 5.74) is 2.26. The fourth-order valence-corrected chi connectivity index (χ4v) is 3.98. The lowest BCUT2D eigenvalue weighted by molar-refractivity contribution is 0.295. The van der Waals surface area contributed by atoms with Crippen LogP contribution in [0.2, 0.25) is 0 Å². The molecule has 1 N–H and O–H groups in total. The average molecular weight is 327 g/mol. The van der Waals surface area contributed by atoms with Crippen LogP contribution in [0.3, 0.4) is 0 Å². The normalized spacial score (nSPS) is 14.8. The molecule has 0 bridgehead atoms. The Hall–Kier alpha value is -0.650. The Balaban J connectivity index is 2.10. The molecular formula is C13H15BrN2OS. The number of rotatable bonds is 3. The number of hydrogen-bond acceptors (Lipinski definition) is 3. The van der Waals surface area contributed by atoms with E-state index >= 15 is 0 Å². The SMILES string of the molecule is OCCc1c(-c2cc(Br)cs2)nc2n1CCCC2. The van der Waals surface area contributed by atoms with Crippen molar-refractivity contribution < 1.29 is 5.11 Å². The van der Waals surface area contributed by atoms with Gasteiger partial charge in [0.1, 0.15) is 11.5 Å². The molecule has 2 aromatic heterocycles. The Morgan fingerprint density at radius 2 is 2.33 bits per heavy atom. The fraction of sp³-hybridized carbons (Fsp3) is 0.462. The standard InChI is InChI=1S/C13H15BrN2OS/c14-9-7-11(18-8-9)13-10(4-6-17)16-5-2-1-3-12(16)15-13/h7-8,17H,1-6H2. The maximum atomic E-state index is 9.27. The van der Waals surface area contributed by atoms with Crippen LogP contribution in [-0.2, 0) is 19.4 Å². The minimum absolute atomic E-state index is 0.185. The monoisotopic (exact) mass is 326 g/mol. The van der Waals surface area contributed by atoms with E-state index in [0.29, 0.717) is 6.42 Å². The van der Waals surface area contributed by atoms with Crippen molar-refractivity contribution in [3.63, 3.8) is 0 Å². The molecule has 0 fully saturated rings. The lowest BCUT2D eigenvalue weighted by Gasteiger charge is -2.16. The number of thiophene rings is 1. The molecule has 1 aliphatic rings. The molecule has 2 aromatic rings. The summed E-state index contributed by atoms with van der Waals surface area (Å²) in [5.74, 6) is 1.18. The minimum Gasteiger partial charge on any atom is -0.396 e. The second-order valence-corrected chi connectivity index (χ2v) is 6.36. The number of nitrogens with zero attached hydrogens (tertiary/aromatic N) is 2. The number of imidazole rings is 1. The summed E-state index contributed by atoms with van der Waals surface area (Å²) >= 11 is 5.19. The van der Waals surface area contributed by atoms with E-state index in [1.54, 1.807) is 11.3 Å². The summed E-state index contributed by atoms with van der Waals surface area (Å²) in [6.45, 7) is 1.23. The highest BCUT2D eigenvalue weighted by Crippen LogP contribution is 2.33. The van der Waals surface area contributed by atoms with Gasteiger partial charge in [-0.15, -0.1) is 11.3 Å². The molecule has 0 amide bonds. The molecule has 3 heterocycles. The zero-order valence-corrected chi connectivity index (χ0v) is 12.4. The second-order valence-electron chi connectivity index (χ2n) is 4.53. The van der Waals surface area contributed by atoms with Crippen molar-refractivity contribution in [2.45, 2.75) is 32.2 Å². The van der Waals surface area contributed by atoms with E-state index in [1.807, 2.05) is 0 Å². The van der Waals surface area contributed by atoms with Gasteiger partial charge < -0.3 is 9.67 Å². The lowest BCUT2D eigenvalue weighted by Crippen LogP contribution is -2.13. The predicted molar refractivity (Wildman–Crippen MR) is 77.0 cm³/mol. The highest BCUT2D eigenvalue weighted by atomic mass is 79.9. The molecule has 0 aliphatic carbocycles. The third-order valence-electron chi connectivity index (χ3n) is 3.33. The number of hydrogen-bond donors (Lipinski definition) is 1. The smallest absolute Gasteiger partial charge is 0.109 e. The lowest BCUT2D eigenvalue weighted by atomic mass is 10.1. The highest BCUT2D eigenvalue weighted by Gasteiger charge is 2.20. The molecule has 0 aromatic carbocycles. The molecule has 0 unspecified atom stereocenters. The molecule has 0 saturated heterocycles. The third-order valence-corrected chi connectivity index (χ3v) is 5.03. The molecule has 0 spiro atoms. The first-order chi connectivity index (χ1) is 8.79. The van der Waals surface area contributed by atoms with Crippen LogP contribution in [0.1, 0.15) is 24.4 Å². The Labute approximate surface area is 119 Å². The molecular weight excluding hydrogens is 312 g/mol. The number of aliphatic hydroxyl groups excluding tert-OH is 1. The van der Waals surface area contributed by atoms with Crippen LogP contribution in [0.25, 0.3) is 10.6 Å². The van der Waals surface area contributed by atoms with Crippen molar-refractivity contribution in [1.82, 2.24) is 9.55 Å². The summed E-state index contributed by atoms with van der Waals surface area (Å²) in [6, 6.07) is 2.11. The number of aliphatic hydroxyl groups is 1. The van der Waals surface area contributed by atoms with E-state index in [0.717, 1.165) is 23.1 Å². The molecule has 0 radical (unpaired) electrons.